The molecule has 144 valence electrons. The lowest BCUT2D eigenvalue weighted by Gasteiger charge is -2.44. The average molecular weight is 392 g/mol. The highest BCUT2D eigenvalue weighted by Gasteiger charge is 2.49. The highest BCUT2D eigenvalue weighted by atomic mass is 32.1. The van der Waals surface area contributed by atoms with E-state index in [0.717, 1.165) is 47.1 Å². The topological polar surface area (TPSA) is 41.3 Å². The van der Waals surface area contributed by atoms with Crippen LogP contribution < -0.4 is 5.32 Å². The fraction of sp³-hybridized carbons (Fsp3) is 0.348. The van der Waals surface area contributed by atoms with Crippen molar-refractivity contribution < 1.29 is 4.52 Å². The van der Waals surface area contributed by atoms with E-state index in [9.17, 15) is 0 Å². The molecule has 3 aromatic rings. The zero-order valence-electron chi connectivity index (χ0n) is 16.4. The molecule has 5 heteroatoms. The molecular formula is C23H25N3OS. The molecule has 1 atom stereocenters. The fourth-order valence-corrected chi connectivity index (χ4v) is 5.69. The van der Waals surface area contributed by atoms with Crippen LogP contribution in [0.15, 0.2) is 51.8 Å². The van der Waals surface area contributed by atoms with Gasteiger partial charge in [-0.25, -0.2) is 0 Å². The number of nitrogens with zero attached hydrogens (tertiary/aromatic N) is 2. The van der Waals surface area contributed by atoms with Crippen LogP contribution in [0.5, 0.6) is 0 Å². The van der Waals surface area contributed by atoms with Gasteiger partial charge in [-0.3, -0.25) is 4.90 Å². The summed E-state index contributed by atoms with van der Waals surface area (Å²) in [7, 11) is 0. The summed E-state index contributed by atoms with van der Waals surface area (Å²) in [4.78, 5) is 2.62. The Morgan fingerprint density at radius 1 is 1.18 bits per heavy atom. The van der Waals surface area contributed by atoms with Gasteiger partial charge < -0.3 is 9.84 Å². The number of thiophene rings is 1. The zero-order chi connectivity index (χ0) is 19.3. The van der Waals surface area contributed by atoms with Gasteiger partial charge >= 0.3 is 0 Å². The first-order valence-electron chi connectivity index (χ1n) is 9.94. The van der Waals surface area contributed by atoms with Crippen molar-refractivity contribution in [1.82, 2.24) is 10.1 Å². The lowest BCUT2D eigenvalue weighted by atomic mass is 9.80. The summed E-state index contributed by atoms with van der Waals surface area (Å²) in [6.45, 7) is 10.7. The van der Waals surface area contributed by atoms with E-state index < -0.39 is 0 Å². The van der Waals surface area contributed by atoms with E-state index in [1.54, 1.807) is 11.3 Å². The number of anilines is 1. The molecule has 2 aromatic heterocycles. The Morgan fingerprint density at radius 2 is 2.00 bits per heavy atom. The number of fused-ring (bicyclic) bond motifs is 1. The molecule has 1 aromatic carbocycles. The van der Waals surface area contributed by atoms with Gasteiger partial charge in [-0.05, 0) is 79.9 Å². The van der Waals surface area contributed by atoms with Crippen molar-refractivity contribution in [3.05, 3.63) is 69.9 Å². The summed E-state index contributed by atoms with van der Waals surface area (Å²) < 4.78 is 5.44. The van der Waals surface area contributed by atoms with E-state index in [1.807, 2.05) is 13.8 Å². The van der Waals surface area contributed by atoms with Crippen molar-refractivity contribution in [2.45, 2.75) is 38.6 Å². The molecule has 2 aliphatic rings. The Bertz CT molecular complexity index is 1010. The minimum absolute atomic E-state index is 0.315. The van der Waals surface area contributed by atoms with Crippen LogP contribution in [0, 0.1) is 13.8 Å². The van der Waals surface area contributed by atoms with Gasteiger partial charge in [0.25, 0.3) is 0 Å². The Kier molecular flexibility index (Phi) is 4.18. The summed E-state index contributed by atoms with van der Waals surface area (Å²) in [5.41, 5.74) is 7.67. The van der Waals surface area contributed by atoms with Crippen molar-refractivity contribution in [2.75, 3.05) is 18.4 Å². The maximum atomic E-state index is 5.44. The van der Waals surface area contributed by atoms with Crippen molar-refractivity contribution in [1.29, 1.82) is 0 Å². The predicted molar refractivity (Wildman–Crippen MR) is 115 cm³/mol. The Balaban J connectivity index is 1.74. The molecule has 1 saturated heterocycles. The molecule has 0 bridgehead atoms. The van der Waals surface area contributed by atoms with Gasteiger partial charge in [-0.1, -0.05) is 24.2 Å². The summed E-state index contributed by atoms with van der Waals surface area (Å²) >= 11 is 1.75. The molecule has 1 unspecified atom stereocenters. The second-order valence-electron chi connectivity index (χ2n) is 7.83. The number of nitrogens with one attached hydrogen (secondary N) is 1. The van der Waals surface area contributed by atoms with E-state index >= 15 is 0 Å². The second kappa shape index (κ2) is 6.61. The van der Waals surface area contributed by atoms with Gasteiger partial charge in [-0.2, -0.15) is 11.3 Å². The van der Waals surface area contributed by atoms with E-state index in [0.29, 0.717) is 0 Å². The third kappa shape index (κ3) is 2.43. The number of piperidine rings is 1. The first-order valence-corrected chi connectivity index (χ1v) is 10.9. The molecule has 0 saturated carbocycles. The van der Waals surface area contributed by atoms with Crippen molar-refractivity contribution in [3.63, 3.8) is 0 Å². The third-order valence-electron chi connectivity index (χ3n) is 6.22. The normalized spacial score (nSPS) is 22.3. The molecule has 28 heavy (non-hydrogen) atoms. The van der Waals surface area contributed by atoms with Crippen molar-refractivity contribution >= 4 is 17.0 Å². The molecule has 0 aliphatic carbocycles. The van der Waals surface area contributed by atoms with E-state index in [1.165, 1.54) is 30.4 Å². The standard InChI is InChI=1S/C23H25N3OS/c1-15-22(16(2)27-25-15)18-7-8-21-20(13-18)23(17(3)24-21,19-9-12-28-14-19)26-10-5-4-6-11-26/h7-9,12-14,24H,3-6,10-11H2,1-2H3. The van der Waals surface area contributed by atoms with Gasteiger partial charge in [0.2, 0.25) is 0 Å². The van der Waals surface area contributed by atoms with Crippen molar-refractivity contribution in [2.24, 2.45) is 0 Å². The molecule has 4 heterocycles. The third-order valence-corrected chi connectivity index (χ3v) is 6.91. The van der Waals surface area contributed by atoms with Crippen molar-refractivity contribution in [3.8, 4) is 11.1 Å². The van der Waals surface area contributed by atoms with Gasteiger partial charge in [0.15, 0.2) is 0 Å². The molecule has 1 N–H and O–H groups in total. The minimum atomic E-state index is -0.315. The van der Waals surface area contributed by atoms with Crippen LogP contribution >= 0.6 is 11.3 Å². The maximum Gasteiger partial charge on any atom is 0.141 e. The van der Waals surface area contributed by atoms with Crippen LogP contribution in [0.3, 0.4) is 0 Å². The second-order valence-corrected chi connectivity index (χ2v) is 8.61. The molecule has 5 rings (SSSR count). The number of hydrogen-bond donors (Lipinski definition) is 1. The monoisotopic (exact) mass is 391 g/mol. The minimum Gasteiger partial charge on any atom is -0.361 e. The highest BCUT2D eigenvalue weighted by molar-refractivity contribution is 7.08. The van der Waals surface area contributed by atoms with Gasteiger partial charge in [0.1, 0.15) is 11.3 Å². The van der Waals surface area contributed by atoms with Gasteiger partial charge in [-0.15, -0.1) is 0 Å². The number of benzene rings is 1. The lowest BCUT2D eigenvalue weighted by Crippen LogP contribution is -2.49. The first-order chi connectivity index (χ1) is 13.6. The molecule has 0 spiro atoms. The zero-order valence-corrected chi connectivity index (χ0v) is 17.2. The van der Waals surface area contributed by atoms with Crippen LogP contribution in [-0.2, 0) is 5.54 Å². The molecule has 4 nitrogen and oxygen atoms in total. The number of likely N-dealkylation sites (tertiary alicyclic amines) is 1. The Hall–Kier alpha value is -2.37. The summed E-state index contributed by atoms with van der Waals surface area (Å²) in [6.07, 6.45) is 3.78. The highest BCUT2D eigenvalue weighted by Crippen LogP contribution is 2.52. The van der Waals surface area contributed by atoms with Crippen LogP contribution in [0.4, 0.5) is 5.69 Å². The molecular weight excluding hydrogens is 366 g/mol. The van der Waals surface area contributed by atoms with Crippen LogP contribution in [0.25, 0.3) is 11.1 Å². The molecule has 2 aliphatic heterocycles. The maximum absolute atomic E-state index is 5.44. The summed E-state index contributed by atoms with van der Waals surface area (Å²) in [5.74, 6) is 0.862. The quantitative estimate of drug-likeness (QED) is 0.623. The molecule has 1 fully saturated rings. The number of rotatable bonds is 3. The molecule has 0 radical (unpaired) electrons. The Morgan fingerprint density at radius 3 is 2.68 bits per heavy atom. The smallest absolute Gasteiger partial charge is 0.141 e. The number of aromatic nitrogens is 1. The van der Waals surface area contributed by atoms with E-state index in [4.69, 9.17) is 4.52 Å². The molecule has 0 amide bonds. The Labute approximate surface area is 169 Å². The summed E-state index contributed by atoms with van der Waals surface area (Å²) in [6, 6.07) is 8.91. The largest absolute Gasteiger partial charge is 0.361 e. The number of aryl methyl sites for hydroxylation is 2. The summed E-state index contributed by atoms with van der Waals surface area (Å²) in [5, 5.41) is 12.2. The average Bonchev–Trinajstić information content (AvgIpc) is 3.41. The number of hydrogen-bond acceptors (Lipinski definition) is 5. The van der Waals surface area contributed by atoms with Crippen LogP contribution in [0.2, 0.25) is 0 Å². The van der Waals surface area contributed by atoms with Crippen LogP contribution in [-0.4, -0.2) is 23.1 Å². The lowest BCUT2D eigenvalue weighted by molar-refractivity contribution is 0.130. The van der Waals surface area contributed by atoms with Gasteiger partial charge in [0, 0.05) is 22.5 Å². The van der Waals surface area contributed by atoms with E-state index in [-0.39, 0.29) is 5.54 Å². The first kappa shape index (κ1) is 17.7. The predicted octanol–water partition coefficient (Wildman–Crippen LogP) is 5.69. The SMILES string of the molecule is C=C1Nc2ccc(-c3c(C)noc3C)cc2C1(c1ccsc1)N1CCCCC1. The van der Waals surface area contributed by atoms with E-state index in [2.05, 4.69) is 57.0 Å². The fourth-order valence-electron chi connectivity index (χ4n) is 4.99. The van der Waals surface area contributed by atoms with Gasteiger partial charge in [0.05, 0.1) is 5.69 Å². The van der Waals surface area contributed by atoms with Crippen LogP contribution in [0.1, 0.15) is 41.8 Å².